The molecule has 0 heterocycles. The van der Waals surface area contributed by atoms with Crippen LogP contribution in [-0.4, -0.2) is 53.0 Å². The number of Topliss-reactive ketones (excluding diaryl/α,β-unsaturated/α-hetero) is 1. The van der Waals surface area contributed by atoms with Crippen LogP contribution >= 0.6 is 0 Å². The SMILES string of the molecule is CC[C@@H](C)NC1=C(Nc2cc(C#N)cc(C(=O)N(C)C)c2O)C(=O)C1O. The third kappa shape index (κ3) is 3.48. The Hall–Kier alpha value is -3.05. The quantitative estimate of drug-likeness (QED) is 0.557. The molecular formula is C18H22N4O4. The maximum absolute atomic E-state index is 12.2. The van der Waals surface area contributed by atoms with Crippen molar-refractivity contribution in [2.45, 2.75) is 32.4 Å². The second-order valence-corrected chi connectivity index (χ2v) is 6.37. The van der Waals surface area contributed by atoms with Crippen molar-refractivity contribution >= 4 is 17.4 Å². The van der Waals surface area contributed by atoms with Crippen LogP contribution in [0.2, 0.25) is 0 Å². The minimum absolute atomic E-state index is 0.0365. The summed E-state index contributed by atoms with van der Waals surface area (Å²) in [5.74, 6) is -1.38. The molecule has 0 aliphatic heterocycles. The van der Waals surface area contributed by atoms with Crippen LogP contribution in [0, 0.1) is 11.3 Å². The predicted molar refractivity (Wildman–Crippen MR) is 95.4 cm³/mol. The predicted octanol–water partition coefficient (Wildman–Crippen LogP) is 0.921. The molecule has 1 amide bonds. The first-order chi connectivity index (χ1) is 12.2. The summed E-state index contributed by atoms with van der Waals surface area (Å²) in [5, 5.41) is 35.3. The lowest BCUT2D eigenvalue weighted by Crippen LogP contribution is -2.47. The maximum Gasteiger partial charge on any atom is 0.257 e. The molecule has 0 aromatic heterocycles. The van der Waals surface area contributed by atoms with Gasteiger partial charge in [0.25, 0.3) is 5.91 Å². The van der Waals surface area contributed by atoms with E-state index in [0.717, 1.165) is 6.42 Å². The van der Waals surface area contributed by atoms with Crippen LogP contribution in [0.1, 0.15) is 36.2 Å². The number of nitrogens with zero attached hydrogens (tertiary/aromatic N) is 2. The summed E-state index contributed by atoms with van der Waals surface area (Å²) < 4.78 is 0. The van der Waals surface area contributed by atoms with Crippen molar-refractivity contribution in [3.05, 3.63) is 34.7 Å². The van der Waals surface area contributed by atoms with Crippen molar-refractivity contribution < 1.29 is 19.8 Å². The highest BCUT2D eigenvalue weighted by Gasteiger charge is 2.39. The van der Waals surface area contributed by atoms with Gasteiger partial charge >= 0.3 is 0 Å². The number of hydrogen-bond acceptors (Lipinski definition) is 7. The third-order valence-electron chi connectivity index (χ3n) is 4.19. The van der Waals surface area contributed by atoms with Crippen LogP contribution in [-0.2, 0) is 4.79 Å². The molecule has 0 bridgehead atoms. The Morgan fingerprint density at radius 3 is 2.62 bits per heavy atom. The van der Waals surface area contributed by atoms with Crippen LogP contribution in [0.3, 0.4) is 0 Å². The highest BCUT2D eigenvalue weighted by Crippen LogP contribution is 2.34. The van der Waals surface area contributed by atoms with Crippen molar-refractivity contribution in [3.8, 4) is 11.8 Å². The number of amides is 1. The van der Waals surface area contributed by atoms with E-state index in [9.17, 15) is 25.1 Å². The van der Waals surface area contributed by atoms with Gasteiger partial charge in [-0.3, -0.25) is 9.59 Å². The molecule has 1 aliphatic rings. The standard InChI is InChI=1S/C18H22N4O4/c1-5-9(2)20-13-14(17(25)16(13)24)21-12-7-10(8-19)6-11(15(12)23)18(26)22(3)4/h6-7,9,16,20-21,23-24H,5H2,1-4H3/t9-,16?/m1/s1. The van der Waals surface area contributed by atoms with E-state index in [4.69, 9.17) is 0 Å². The molecule has 138 valence electrons. The Balaban J connectivity index is 2.46. The number of aromatic hydroxyl groups is 1. The topological polar surface area (TPSA) is 126 Å². The van der Waals surface area contributed by atoms with E-state index in [1.165, 1.54) is 31.1 Å². The lowest BCUT2D eigenvalue weighted by Gasteiger charge is -2.31. The molecule has 1 aliphatic carbocycles. The lowest BCUT2D eigenvalue weighted by molar-refractivity contribution is -0.124. The fourth-order valence-electron chi connectivity index (χ4n) is 2.44. The number of aliphatic hydroxyl groups excluding tert-OH is 1. The smallest absolute Gasteiger partial charge is 0.257 e. The number of nitriles is 1. The molecule has 2 atom stereocenters. The fourth-order valence-corrected chi connectivity index (χ4v) is 2.44. The van der Waals surface area contributed by atoms with E-state index < -0.39 is 17.8 Å². The zero-order chi connectivity index (χ0) is 19.6. The molecule has 0 saturated carbocycles. The van der Waals surface area contributed by atoms with Gasteiger partial charge in [0.05, 0.1) is 28.6 Å². The summed E-state index contributed by atoms with van der Waals surface area (Å²) in [6.45, 7) is 3.86. The summed E-state index contributed by atoms with van der Waals surface area (Å²) in [7, 11) is 3.05. The Labute approximate surface area is 151 Å². The van der Waals surface area contributed by atoms with Gasteiger partial charge < -0.3 is 25.7 Å². The number of benzene rings is 1. The van der Waals surface area contributed by atoms with Gasteiger partial charge in [-0.15, -0.1) is 0 Å². The van der Waals surface area contributed by atoms with Gasteiger partial charge in [-0.1, -0.05) is 6.92 Å². The Morgan fingerprint density at radius 1 is 1.42 bits per heavy atom. The lowest BCUT2D eigenvalue weighted by atomic mass is 9.93. The molecule has 8 heteroatoms. The summed E-state index contributed by atoms with van der Waals surface area (Å²) in [6.07, 6.45) is -0.468. The summed E-state index contributed by atoms with van der Waals surface area (Å²) in [4.78, 5) is 25.5. The number of carbonyl (C=O) groups excluding carboxylic acids is 2. The van der Waals surface area contributed by atoms with Gasteiger partial charge in [0.2, 0.25) is 5.78 Å². The fraction of sp³-hybridized carbons (Fsp3) is 0.389. The molecule has 0 spiro atoms. The highest BCUT2D eigenvalue weighted by atomic mass is 16.3. The largest absolute Gasteiger partial charge is 0.505 e. The number of phenols is 1. The van der Waals surface area contributed by atoms with E-state index >= 15 is 0 Å². The molecule has 0 fully saturated rings. The third-order valence-corrected chi connectivity index (χ3v) is 4.19. The van der Waals surface area contributed by atoms with Crippen molar-refractivity contribution in [3.63, 3.8) is 0 Å². The number of rotatable bonds is 6. The number of anilines is 1. The van der Waals surface area contributed by atoms with Crippen LogP contribution in [0.25, 0.3) is 0 Å². The molecule has 2 rings (SSSR count). The molecule has 4 N–H and O–H groups in total. The van der Waals surface area contributed by atoms with Crippen molar-refractivity contribution in [1.82, 2.24) is 10.2 Å². The molecule has 0 saturated heterocycles. The van der Waals surface area contributed by atoms with Gasteiger partial charge in [0.1, 0.15) is 5.70 Å². The Kier molecular flexibility index (Phi) is 5.53. The summed E-state index contributed by atoms with van der Waals surface area (Å²) in [6, 6.07) is 4.58. The summed E-state index contributed by atoms with van der Waals surface area (Å²) in [5.41, 5.74) is 0.576. The van der Waals surface area contributed by atoms with Crippen molar-refractivity contribution in [2.75, 3.05) is 19.4 Å². The van der Waals surface area contributed by atoms with Gasteiger partial charge in [-0.2, -0.15) is 5.26 Å². The molecular weight excluding hydrogens is 336 g/mol. The number of ketones is 1. The first-order valence-electron chi connectivity index (χ1n) is 8.20. The van der Waals surface area contributed by atoms with E-state index in [2.05, 4.69) is 10.6 Å². The molecule has 1 aromatic carbocycles. The molecule has 1 unspecified atom stereocenters. The van der Waals surface area contributed by atoms with Crippen LogP contribution < -0.4 is 10.6 Å². The van der Waals surface area contributed by atoms with Crippen LogP contribution in [0.4, 0.5) is 5.69 Å². The maximum atomic E-state index is 12.2. The van der Waals surface area contributed by atoms with E-state index in [-0.39, 0.29) is 34.3 Å². The number of hydrogen-bond donors (Lipinski definition) is 4. The van der Waals surface area contributed by atoms with E-state index in [1.54, 1.807) is 0 Å². The van der Waals surface area contributed by atoms with Gasteiger partial charge in [0, 0.05) is 20.1 Å². The molecule has 1 aromatic rings. The average Bonchev–Trinajstić information content (AvgIpc) is 2.64. The minimum Gasteiger partial charge on any atom is -0.505 e. The monoisotopic (exact) mass is 358 g/mol. The Morgan fingerprint density at radius 2 is 2.08 bits per heavy atom. The molecule has 0 radical (unpaired) electrons. The zero-order valence-corrected chi connectivity index (χ0v) is 15.1. The molecule has 8 nitrogen and oxygen atoms in total. The number of carbonyl (C=O) groups is 2. The number of phenolic OH excluding ortho intramolecular Hbond substituents is 1. The van der Waals surface area contributed by atoms with Gasteiger partial charge in [-0.05, 0) is 25.5 Å². The minimum atomic E-state index is -1.25. The normalized spacial score (nSPS) is 17.2. The second-order valence-electron chi connectivity index (χ2n) is 6.37. The number of aliphatic hydroxyl groups is 1. The first kappa shape index (κ1) is 19.3. The van der Waals surface area contributed by atoms with Gasteiger partial charge in [-0.25, -0.2) is 0 Å². The van der Waals surface area contributed by atoms with E-state index in [0.29, 0.717) is 5.70 Å². The summed E-state index contributed by atoms with van der Waals surface area (Å²) >= 11 is 0. The zero-order valence-electron chi connectivity index (χ0n) is 15.1. The highest BCUT2D eigenvalue weighted by molar-refractivity contribution is 6.11. The first-order valence-corrected chi connectivity index (χ1v) is 8.20. The van der Waals surface area contributed by atoms with Gasteiger partial charge in [0.15, 0.2) is 11.9 Å². The van der Waals surface area contributed by atoms with Crippen molar-refractivity contribution in [2.24, 2.45) is 0 Å². The van der Waals surface area contributed by atoms with Crippen LogP contribution in [0.15, 0.2) is 23.5 Å². The van der Waals surface area contributed by atoms with Crippen molar-refractivity contribution in [1.29, 1.82) is 5.26 Å². The number of nitrogens with one attached hydrogen (secondary N) is 2. The second kappa shape index (κ2) is 7.45. The average molecular weight is 358 g/mol. The molecule has 26 heavy (non-hydrogen) atoms. The van der Waals surface area contributed by atoms with E-state index in [1.807, 2.05) is 19.9 Å². The van der Waals surface area contributed by atoms with Crippen LogP contribution in [0.5, 0.6) is 5.75 Å². The Bertz CT molecular complexity index is 823.